The molecule has 0 unspecified atom stereocenters. The van der Waals surface area contributed by atoms with Gasteiger partial charge in [-0.25, -0.2) is 4.68 Å². The first-order valence-corrected chi connectivity index (χ1v) is 10.9. The lowest BCUT2D eigenvalue weighted by atomic mass is 9.92. The molecule has 4 heterocycles. The van der Waals surface area contributed by atoms with Crippen LogP contribution in [0.3, 0.4) is 0 Å². The van der Waals surface area contributed by atoms with Crippen molar-refractivity contribution >= 4 is 22.5 Å². The topological polar surface area (TPSA) is 84.8 Å². The average molecular weight is 414 g/mol. The van der Waals surface area contributed by atoms with E-state index in [0.29, 0.717) is 24.1 Å². The number of carbonyl (C=O) groups is 1. The molecular formula is C22H31N5O3. The van der Waals surface area contributed by atoms with Gasteiger partial charge in [-0.1, -0.05) is 20.8 Å². The third kappa shape index (κ3) is 4.01. The van der Waals surface area contributed by atoms with Crippen molar-refractivity contribution in [3.05, 3.63) is 35.1 Å². The number of carbonyl (C=O) groups excluding carboxylic acids is 1. The third-order valence-corrected chi connectivity index (χ3v) is 6.06. The lowest BCUT2D eigenvalue weighted by Crippen LogP contribution is -2.41. The van der Waals surface area contributed by atoms with Gasteiger partial charge in [0.25, 0.3) is 5.56 Å². The number of amides is 1. The molecule has 8 nitrogen and oxygen atoms in total. The van der Waals surface area contributed by atoms with E-state index in [4.69, 9.17) is 4.42 Å². The van der Waals surface area contributed by atoms with E-state index in [1.54, 1.807) is 29.1 Å². The van der Waals surface area contributed by atoms with Gasteiger partial charge in [0.1, 0.15) is 17.9 Å². The van der Waals surface area contributed by atoms with Gasteiger partial charge in [0.05, 0.1) is 11.8 Å². The molecule has 1 N–H and O–H groups in total. The van der Waals surface area contributed by atoms with Crippen LogP contribution < -0.4 is 10.9 Å². The van der Waals surface area contributed by atoms with Gasteiger partial charge in [0, 0.05) is 31.8 Å². The van der Waals surface area contributed by atoms with E-state index in [2.05, 4.69) is 29.2 Å². The van der Waals surface area contributed by atoms with Gasteiger partial charge in [0.15, 0.2) is 5.58 Å². The maximum absolute atomic E-state index is 13.0. The lowest BCUT2D eigenvalue weighted by molar-refractivity contribution is -0.124. The summed E-state index contributed by atoms with van der Waals surface area (Å²) >= 11 is 0. The molecule has 0 aromatic carbocycles. The Labute approximate surface area is 175 Å². The van der Waals surface area contributed by atoms with Gasteiger partial charge in [-0.2, -0.15) is 5.10 Å². The van der Waals surface area contributed by atoms with Crippen LogP contribution in [0.2, 0.25) is 0 Å². The van der Waals surface area contributed by atoms with Gasteiger partial charge in [-0.15, -0.1) is 0 Å². The van der Waals surface area contributed by atoms with Crippen molar-refractivity contribution in [3.63, 3.8) is 0 Å². The zero-order valence-corrected chi connectivity index (χ0v) is 18.0. The monoisotopic (exact) mass is 413 g/mol. The van der Waals surface area contributed by atoms with Crippen molar-refractivity contribution in [3.8, 4) is 0 Å². The molecule has 162 valence electrons. The minimum atomic E-state index is -0.626. The molecular weight excluding hydrogens is 382 g/mol. The maximum atomic E-state index is 13.0. The molecule has 3 aromatic rings. The Hall–Kier alpha value is -2.61. The van der Waals surface area contributed by atoms with Gasteiger partial charge < -0.3 is 14.6 Å². The summed E-state index contributed by atoms with van der Waals surface area (Å²) in [5, 5.41) is 7.28. The molecule has 8 heteroatoms. The first-order valence-electron chi connectivity index (χ1n) is 10.9. The number of rotatable bonds is 7. The highest BCUT2D eigenvalue weighted by Crippen LogP contribution is 2.21. The van der Waals surface area contributed by atoms with Crippen molar-refractivity contribution in [1.82, 2.24) is 24.4 Å². The van der Waals surface area contributed by atoms with Crippen LogP contribution in [0.5, 0.6) is 0 Å². The van der Waals surface area contributed by atoms with Crippen LogP contribution >= 0.6 is 0 Å². The van der Waals surface area contributed by atoms with Crippen molar-refractivity contribution in [2.24, 2.45) is 11.8 Å². The SMILES string of the molecule is CC[C@H](C(=O)NCCCN1C[C@H](C)C[C@H](C)C1)n1ncn2c(cc3occc32)c1=O. The molecule has 4 rings (SSSR count). The number of likely N-dealkylation sites (tertiary alicyclic amines) is 1. The van der Waals surface area contributed by atoms with Crippen molar-refractivity contribution < 1.29 is 9.21 Å². The van der Waals surface area contributed by atoms with E-state index in [0.717, 1.165) is 43.4 Å². The second kappa shape index (κ2) is 8.63. The predicted octanol–water partition coefficient (Wildman–Crippen LogP) is 2.68. The summed E-state index contributed by atoms with van der Waals surface area (Å²) in [5.74, 6) is 1.31. The Balaban J connectivity index is 1.39. The lowest BCUT2D eigenvalue weighted by Gasteiger charge is -2.35. The second-order valence-electron chi connectivity index (χ2n) is 8.72. The maximum Gasteiger partial charge on any atom is 0.291 e. The minimum absolute atomic E-state index is 0.160. The highest BCUT2D eigenvalue weighted by atomic mass is 16.3. The first kappa shape index (κ1) is 20.7. The molecule has 3 aromatic heterocycles. The van der Waals surface area contributed by atoms with Crippen LogP contribution in [-0.4, -0.2) is 51.2 Å². The van der Waals surface area contributed by atoms with Crippen LogP contribution in [0, 0.1) is 11.8 Å². The highest BCUT2D eigenvalue weighted by molar-refractivity contribution is 5.82. The number of furan rings is 1. The molecule has 30 heavy (non-hydrogen) atoms. The zero-order valence-electron chi connectivity index (χ0n) is 18.0. The second-order valence-corrected chi connectivity index (χ2v) is 8.72. The van der Waals surface area contributed by atoms with E-state index in [1.165, 1.54) is 11.1 Å². The molecule has 1 amide bonds. The number of piperidine rings is 1. The molecule has 3 atom stereocenters. The molecule has 0 radical (unpaired) electrons. The van der Waals surface area contributed by atoms with Gasteiger partial charge >= 0.3 is 0 Å². The molecule has 1 saturated heterocycles. The standard InChI is InChI=1S/C22H31N5O3/c1-4-17(21(28)23-7-5-8-25-12-15(2)10-16(3)13-25)27-22(29)19-11-20-18(6-9-30-20)26(19)14-24-27/h6,9,11,14-17H,4-5,7-8,10,12-13H2,1-3H3,(H,23,28)/t15-,16+,17-/m1/s1. The van der Waals surface area contributed by atoms with E-state index >= 15 is 0 Å². The largest absolute Gasteiger partial charge is 0.463 e. The Bertz CT molecular complexity index is 1070. The fourth-order valence-corrected chi connectivity index (χ4v) is 4.81. The molecule has 0 aliphatic carbocycles. The number of nitrogens with zero attached hydrogens (tertiary/aromatic N) is 4. The number of nitrogens with one attached hydrogen (secondary N) is 1. The predicted molar refractivity (Wildman–Crippen MR) is 116 cm³/mol. The Kier molecular flexibility index (Phi) is 5.94. The summed E-state index contributed by atoms with van der Waals surface area (Å²) in [6, 6.07) is 2.86. The summed E-state index contributed by atoms with van der Waals surface area (Å²) in [4.78, 5) is 28.2. The van der Waals surface area contributed by atoms with E-state index in [9.17, 15) is 9.59 Å². The number of fused-ring (bicyclic) bond motifs is 3. The van der Waals surface area contributed by atoms with Crippen molar-refractivity contribution in [2.75, 3.05) is 26.2 Å². The van der Waals surface area contributed by atoms with Crippen LogP contribution in [-0.2, 0) is 4.79 Å². The van der Waals surface area contributed by atoms with Crippen LogP contribution in [0.15, 0.2) is 33.9 Å². The molecule has 1 fully saturated rings. The Morgan fingerprint density at radius 3 is 2.80 bits per heavy atom. The quantitative estimate of drug-likeness (QED) is 0.602. The molecule has 0 bridgehead atoms. The van der Waals surface area contributed by atoms with Gasteiger partial charge in [0.2, 0.25) is 5.91 Å². The number of hydrogen-bond acceptors (Lipinski definition) is 5. The van der Waals surface area contributed by atoms with Gasteiger partial charge in [-0.05, 0) is 37.6 Å². The van der Waals surface area contributed by atoms with E-state index in [1.807, 2.05) is 6.92 Å². The van der Waals surface area contributed by atoms with E-state index < -0.39 is 6.04 Å². The first-order chi connectivity index (χ1) is 14.5. The van der Waals surface area contributed by atoms with Gasteiger partial charge in [-0.3, -0.25) is 14.0 Å². The highest BCUT2D eigenvalue weighted by Gasteiger charge is 2.23. The summed E-state index contributed by atoms with van der Waals surface area (Å²) < 4.78 is 8.37. The van der Waals surface area contributed by atoms with Crippen molar-refractivity contribution in [2.45, 2.75) is 46.1 Å². The van der Waals surface area contributed by atoms with Crippen LogP contribution in [0.1, 0.15) is 46.1 Å². The zero-order chi connectivity index (χ0) is 21.3. The fourth-order valence-electron chi connectivity index (χ4n) is 4.81. The summed E-state index contributed by atoms with van der Waals surface area (Å²) in [6.45, 7) is 10.4. The molecule has 0 spiro atoms. The molecule has 1 aliphatic rings. The summed E-state index contributed by atoms with van der Waals surface area (Å²) in [6.07, 6.45) is 5.84. The molecule has 0 saturated carbocycles. The fraction of sp³-hybridized carbons (Fsp3) is 0.591. The summed E-state index contributed by atoms with van der Waals surface area (Å²) in [7, 11) is 0. The normalized spacial score (nSPS) is 21.3. The Morgan fingerprint density at radius 1 is 1.30 bits per heavy atom. The number of hydrogen-bond donors (Lipinski definition) is 1. The minimum Gasteiger partial charge on any atom is -0.463 e. The number of aromatic nitrogens is 3. The molecule has 1 aliphatic heterocycles. The van der Waals surface area contributed by atoms with Crippen LogP contribution in [0.4, 0.5) is 0 Å². The van der Waals surface area contributed by atoms with Crippen molar-refractivity contribution in [1.29, 1.82) is 0 Å². The third-order valence-electron chi connectivity index (χ3n) is 6.06. The van der Waals surface area contributed by atoms with E-state index in [-0.39, 0.29) is 11.5 Å². The Morgan fingerprint density at radius 2 is 2.07 bits per heavy atom. The average Bonchev–Trinajstić information content (AvgIpc) is 3.29. The van der Waals surface area contributed by atoms with Crippen LogP contribution in [0.25, 0.3) is 16.6 Å². The smallest absolute Gasteiger partial charge is 0.291 e. The summed E-state index contributed by atoms with van der Waals surface area (Å²) in [5.41, 5.74) is 1.59.